The normalized spacial score (nSPS) is 18.4. The Morgan fingerprint density at radius 2 is 1.93 bits per heavy atom. The van der Waals surface area contributed by atoms with Crippen LogP contribution in [0.15, 0.2) is 24.3 Å². The lowest BCUT2D eigenvalue weighted by molar-refractivity contribution is 0.140. The van der Waals surface area contributed by atoms with E-state index in [1.54, 1.807) is 19.1 Å². The van der Waals surface area contributed by atoms with Crippen molar-refractivity contribution >= 4 is 12.4 Å². The molecule has 0 saturated heterocycles. The Bertz CT molecular complexity index is 340. The van der Waals surface area contributed by atoms with Gasteiger partial charge in [-0.1, -0.05) is 29.8 Å². The lowest BCUT2D eigenvalue weighted by atomic mass is 10.0. The number of nitrogens with one attached hydrogen (secondary N) is 1. The zero-order valence-electron chi connectivity index (χ0n) is 11.3. The summed E-state index contributed by atoms with van der Waals surface area (Å²) in [5, 5.41) is 12.3. The third-order valence-corrected chi connectivity index (χ3v) is 2.12. The Morgan fingerprint density at radius 1 is 1.36 bits per heavy atom. The first kappa shape index (κ1) is 8.72. The van der Waals surface area contributed by atoms with Crippen LogP contribution in [0, 0.1) is 6.92 Å². The second-order valence-electron chi connectivity index (χ2n) is 3.29. The van der Waals surface area contributed by atoms with Gasteiger partial charge >= 0.3 is 0 Å². The van der Waals surface area contributed by atoms with Gasteiger partial charge in [-0.2, -0.15) is 0 Å². The fourth-order valence-electron chi connectivity index (χ4n) is 1.13. The fraction of sp³-hybridized carbons (Fsp3) is 0.455. The van der Waals surface area contributed by atoms with Gasteiger partial charge in [0.1, 0.15) is 0 Å². The van der Waals surface area contributed by atoms with E-state index in [0.29, 0.717) is 0 Å². The van der Waals surface area contributed by atoms with Gasteiger partial charge in [0, 0.05) is 10.2 Å². The van der Waals surface area contributed by atoms with Gasteiger partial charge in [0.2, 0.25) is 0 Å². The second-order valence-corrected chi connectivity index (χ2v) is 3.29. The number of aliphatic hydroxyl groups excluding tert-OH is 1. The molecule has 80 valence electrons. The number of benzene rings is 1. The molecule has 0 fully saturated rings. The molecule has 0 aromatic heterocycles. The fourth-order valence-corrected chi connectivity index (χ4v) is 1.13. The summed E-state index contributed by atoms with van der Waals surface area (Å²) >= 11 is 0. The molecule has 0 aliphatic rings. The van der Waals surface area contributed by atoms with E-state index >= 15 is 0 Å². The van der Waals surface area contributed by atoms with Crippen molar-refractivity contribution in [3.8, 4) is 0 Å². The summed E-state index contributed by atoms with van der Waals surface area (Å²) in [7, 11) is 0. The van der Waals surface area contributed by atoms with E-state index < -0.39 is 19.1 Å². The molecule has 3 heteroatoms. The minimum Gasteiger partial charge on any atom is -0.387 e. The zero-order chi connectivity index (χ0) is 12.3. The van der Waals surface area contributed by atoms with E-state index in [1.807, 2.05) is 19.1 Å². The van der Waals surface area contributed by atoms with Crippen LogP contribution in [0.3, 0.4) is 0 Å². The van der Waals surface area contributed by atoms with Gasteiger partial charge in [-0.15, -0.1) is 12.4 Å². The highest BCUT2D eigenvalue weighted by Crippen LogP contribution is 2.16. The van der Waals surface area contributed by atoms with Gasteiger partial charge < -0.3 is 10.4 Å². The molecule has 0 aliphatic carbocycles. The minimum absolute atomic E-state index is 0. The second kappa shape index (κ2) is 6.02. The number of hydrogen-bond donors (Lipinski definition) is 2. The van der Waals surface area contributed by atoms with Gasteiger partial charge in [0.05, 0.1) is 6.10 Å². The Labute approximate surface area is 96.0 Å². The maximum Gasteiger partial charge on any atom is 0.0940 e. The third kappa shape index (κ3) is 3.29. The Kier molecular flexibility index (Phi) is 3.74. The summed E-state index contributed by atoms with van der Waals surface area (Å²) in [6.07, 6.45) is -0.818. The largest absolute Gasteiger partial charge is 0.387 e. The van der Waals surface area contributed by atoms with Crippen LogP contribution >= 0.6 is 12.4 Å². The highest BCUT2D eigenvalue weighted by atomic mass is 35.5. The molecule has 0 saturated carbocycles. The van der Waals surface area contributed by atoms with Crippen molar-refractivity contribution in [3.63, 3.8) is 0 Å². The number of hydrogen-bond acceptors (Lipinski definition) is 2. The van der Waals surface area contributed by atoms with E-state index in [1.165, 1.54) is 0 Å². The molecule has 0 spiro atoms. The number of rotatable bonds is 3. The molecule has 1 rings (SSSR count). The maximum absolute atomic E-state index is 9.93. The molecule has 1 aromatic rings. The summed E-state index contributed by atoms with van der Waals surface area (Å²) < 4.78 is 21.2. The van der Waals surface area contributed by atoms with E-state index in [9.17, 15) is 5.11 Å². The average molecular weight is 219 g/mol. The SMILES string of the molecule is Cl.[2H]C([2H])([2H])N[C@H](C)[C@H](O)c1ccc(C)cc1. The summed E-state index contributed by atoms with van der Waals surface area (Å²) in [6, 6.07) is 6.87. The highest BCUT2D eigenvalue weighted by Gasteiger charge is 2.13. The number of likely N-dealkylation sites (N-methyl/N-ethyl adjacent to an activating group) is 1. The first-order valence-corrected chi connectivity index (χ1v) is 4.32. The molecular formula is C11H18ClNO. The Hall–Kier alpha value is -0.570. The smallest absolute Gasteiger partial charge is 0.0940 e. The molecule has 2 N–H and O–H groups in total. The Morgan fingerprint density at radius 3 is 2.43 bits per heavy atom. The van der Waals surface area contributed by atoms with Crippen LogP contribution in [0.1, 0.15) is 28.3 Å². The summed E-state index contributed by atoms with van der Waals surface area (Å²) in [6.45, 7) is 1.38. The lowest BCUT2D eigenvalue weighted by Gasteiger charge is -2.18. The zero-order valence-corrected chi connectivity index (χ0v) is 9.14. The lowest BCUT2D eigenvalue weighted by Crippen LogP contribution is -2.28. The molecule has 0 unspecified atom stereocenters. The van der Waals surface area contributed by atoms with Crippen molar-refractivity contribution in [1.82, 2.24) is 5.32 Å². The topological polar surface area (TPSA) is 32.3 Å². The van der Waals surface area contributed by atoms with Gasteiger partial charge in [0.15, 0.2) is 0 Å². The molecule has 0 heterocycles. The van der Waals surface area contributed by atoms with Crippen molar-refractivity contribution < 1.29 is 9.22 Å². The molecule has 1 aromatic carbocycles. The molecule has 0 bridgehead atoms. The molecule has 14 heavy (non-hydrogen) atoms. The van der Waals surface area contributed by atoms with Crippen molar-refractivity contribution in [3.05, 3.63) is 35.4 Å². The van der Waals surface area contributed by atoms with Gasteiger partial charge in [0.25, 0.3) is 0 Å². The maximum atomic E-state index is 9.93. The van der Waals surface area contributed by atoms with Crippen molar-refractivity contribution in [2.75, 3.05) is 6.98 Å². The predicted octanol–water partition coefficient (Wildman–Crippen LogP) is 2.06. The molecule has 2 atom stereocenters. The van der Waals surface area contributed by atoms with E-state index in [2.05, 4.69) is 5.32 Å². The number of halogens is 1. The average Bonchev–Trinajstić information content (AvgIpc) is 2.15. The monoisotopic (exact) mass is 218 g/mol. The first-order chi connectivity index (χ1) is 7.29. The van der Waals surface area contributed by atoms with Crippen LogP contribution in [0.4, 0.5) is 0 Å². The highest BCUT2D eigenvalue weighted by molar-refractivity contribution is 5.85. The summed E-state index contributed by atoms with van der Waals surface area (Å²) in [4.78, 5) is 0. The van der Waals surface area contributed by atoms with Gasteiger partial charge in [-0.05, 0) is 26.4 Å². The van der Waals surface area contributed by atoms with E-state index in [4.69, 9.17) is 4.11 Å². The van der Waals surface area contributed by atoms with Gasteiger partial charge in [-0.3, -0.25) is 0 Å². The summed E-state index contributed by atoms with van der Waals surface area (Å²) in [5.74, 6) is 0. The van der Waals surface area contributed by atoms with Crippen molar-refractivity contribution in [2.24, 2.45) is 0 Å². The van der Waals surface area contributed by atoms with E-state index in [0.717, 1.165) is 11.1 Å². The molecular weight excluding hydrogens is 198 g/mol. The van der Waals surface area contributed by atoms with Crippen LogP contribution in [0.5, 0.6) is 0 Å². The molecule has 2 nitrogen and oxygen atoms in total. The standard InChI is InChI=1S/C11H17NO.ClH/c1-8-4-6-10(7-5-8)11(13)9(2)12-3;/h4-7,9,11-13H,1-3H3;1H/t9-,11+;/m1./s1/i3D3;. The van der Waals surface area contributed by atoms with Crippen molar-refractivity contribution in [1.29, 1.82) is 0 Å². The molecule has 0 aliphatic heterocycles. The van der Waals surface area contributed by atoms with Crippen LogP contribution in [-0.4, -0.2) is 18.1 Å². The number of aliphatic hydroxyl groups is 1. The third-order valence-electron chi connectivity index (χ3n) is 2.12. The molecule has 0 radical (unpaired) electrons. The van der Waals surface area contributed by atoms with Crippen LogP contribution < -0.4 is 5.32 Å². The van der Waals surface area contributed by atoms with E-state index in [-0.39, 0.29) is 12.4 Å². The van der Waals surface area contributed by atoms with Crippen molar-refractivity contribution in [2.45, 2.75) is 26.0 Å². The number of aryl methyl sites for hydroxylation is 1. The quantitative estimate of drug-likeness (QED) is 0.814. The van der Waals surface area contributed by atoms with Crippen LogP contribution in [0.2, 0.25) is 0 Å². The van der Waals surface area contributed by atoms with Crippen LogP contribution in [0.25, 0.3) is 0 Å². The predicted molar refractivity (Wildman–Crippen MR) is 61.9 cm³/mol. The first-order valence-electron chi connectivity index (χ1n) is 5.82. The van der Waals surface area contributed by atoms with Crippen LogP contribution in [-0.2, 0) is 0 Å². The Balaban J connectivity index is 0.00000256. The minimum atomic E-state index is -2.23. The summed E-state index contributed by atoms with van der Waals surface area (Å²) in [5.41, 5.74) is 1.82. The van der Waals surface area contributed by atoms with Gasteiger partial charge in [-0.25, -0.2) is 0 Å². The molecule has 0 amide bonds.